The molecule has 0 unspecified atom stereocenters. The van der Waals surface area contributed by atoms with E-state index in [1.807, 2.05) is 0 Å². The fourth-order valence-corrected chi connectivity index (χ4v) is 1.99. The number of anilines is 1. The molecule has 1 aromatic heterocycles. The van der Waals surface area contributed by atoms with Crippen molar-refractivity contribution in [3.63, 3.8) is 0 Å². The van der Waals surface area contributed by atoms with Crippen LogP contribution in [0.2, 0.25) is 0 Å². The second-order valence-corrected chi connectivity index (χ2v) is 4.00. The van der Waals surface area contributed by atoms with E-state index in [2.05, 4.69) is 14.1 Å². The van der Waals surface area contributed by atoms with Gasteiger partial charge in [0.2, 0.25) is 5.91 Å². The zero-order chi connectivity index (χ0) is 13.0. The van der Waals surface area contributed by atoms with Gasteiger partial charge in [-0.1, -0.05) is 6.07 Å². The molecule has 2 rings (SSSR count). The minimum absolute atomic E-state index is 0.262. The molecule has 0 aliphatic rings. The van der Waals surface area contributed by atoms with Crippen molar-refractivity contribution in [3.8, 4) is 0 Å². The number of nitrogens with one attached hydrogen (secondary N) is 1. The lowest BCUT2D eigenvalue weighted by atomic mass is 10.2. The summed E-state index contributed by atoms with van der Waals surface area (Å²) in [6.07, 6.45) is -0.304. The second-order valence-electron chi connectivity index (χ2n) is 3.47. The molecule has 1 amide bonds. The number of aromatic nitrogens is 2. The monoisotopic (exact) mass is 265 g/mol. The van der Waals surface area contributed by atoms with Crippen LogP contribution in [0.15, 0.2) is 18.2 Å². The Labute approximate surface area is 107 Å². The highest BCUT2D eigenvalue weighted by Crippen LogP contribution is 2.21. The fraction of sp³-hybridized carbons (Fsp3) is 0.273. The highest BCUT2D eigenvalue weighted by molar-refractivity contribution is 7.00. The van der Waals surface area contributed by atoms with E-state index < -0.39 is 11.9 Å². The van der Waals surface area contributed by atoms with Crippen LogP contribution >= 0.6 is 11.7 Å². The predicted molar refractivity (Wildman–Crippen MR) is 67.3 cm³/mol. The summed E-state index contributed by atoms with van der Waals surface area (Å²) in [6, 6.07) is 5.29. The van der Waals surface area contributed by atoms with Gasteiger partial charge in [0.1, 0.15) is 17.5 Å². The second kappa shape index (κ2) is 5.54. The molecular weight excluding hydrogens is 254 g/mol. The van der Waals surface area contributed by atoms with Crippen molar-refractivity contribution in [3.05, 3.63) is 18.2 Å². The van der Waals surface area contributed by atoms with Crippen molar-refractivity contribution in [2.45, 2.75) is 13.3 Å². The van der Waals surface area contributed by atoms with Crippen molar-refractivity contribution in [1.82, 2.24) is 8.75 Å². The molecule has 94 valence electrons. The topological polar surface area (TPSA) is 81.2 Å². The number of ether oxygens (including phenoxy) is 1. The number of hydrogen-bond acceptors (Lipinski definition) is 6. The summed E-state index contributed by atoms with van der Waals surface area (Å²) in [4.78, 5) is 22.8. The van der Waals surface area contributed by atoms with Crippen LogP contribution in [0.4, 0.5) is 5.69 Å². The minimum Gasteiger partial charge on any atom is -0.466 e. The minimum atomic E-state index is -0.543. The summed E-state index contributed by atoms with van der Waals surface area (Å²) in [6.45, 7) is 1.95. The van der Waals surface area contributed by atoms with Crippen molar-refractivity contribution < 1.29 is 14.3 Å². The zero-order valence-corrected chi connectivity index (χ0v) is 10.5. The number of fused-ring (bicyclic) bond motifs is 1. The van der Waals surface area contributed by atoms with Gasteiger partial charge in [0.15, 0.2) is 0 Å². The summed E-state index contributed by atoms with van der Waals surface area (Å²) in [5, 5.41) is 2.62. The van der Waals surface area contributed by atoms with E-state index in [-0.39, 0.29) is 13.0 Å². The fourth-order valence-electron chi connectivity index (χ4n) is 1.44. The van der Waals surface area contributed by atoms with E-state index in [4.69, 9.17) is 4.74 Å². The Balaban J connectivity index is 2.07. The lowest BCUT2D eigenvalue weighted by Gasteiger charge is -2.05. The van der Waals surface area contributed by atoms with Crippen LogP contribution in [0.5, 0.6) is 0 Å². The largest absolute Gasteiger partial charge is 0.466 e. The Hall–Kier alpha value is -2.02. The number of carbonyl (C=O) groups is 2. The third kappa shape index (κ3) is 2.80. The molecule has 0 fully saturated rings. The van der Waals surface area contributed by atoms with Gasteiger partial charge in [0.25, 0.3) is 0 Å². The molecule has 2 aromatic rings. The van der Waals surface area contributed by atoms with Crippen LogP contribution in [-0.4, -0.2) is 27.2 Å². The molecule has 7 heteroatoms. The highest BCUT2D eigenvalue weighted by Gasteiger charge is 2.12. The quantitative estimate of drug-likeness (QED) is 0.670. The van der Waals surface area contributed by atoms with E-state index >= 15 is 0 Å². The first-order valence-electron chi connectivity index (χ1n) is 5.37. The molecule has 6 nitrogen and oxygen atoms in total. The molecule has 1 N–H and O–H groups in total. The van der Waals surface area contributed by atoms with Crippen molar-refractivity contribution in [1.29, 1.82) is 0 Å². The Morgan fingerprint density at radius 3 is 3.00 bits per heavy atom. The number of benzene rings is 1. The van der Waals surface area contributed by atoms with E-state index in [1.54, 1.807) is 25.1 Å². The van der Waals surface area contributed by atoms with Gasteiger partial charge in [-0.05, 0) is 19.1 Å². The van der Waals surface area contributed by atoms with Gasteiger partial charge in [-0.25, -0.2) is 0 Å². The number of esters is 1. The third-order valence-electron chi connectivity index (χ3n) is 2.17. The van der Waals surface area contributed by atoms with Gasteiger partial charge in [0.05, 0.1) is 24.0 Å². The van der Waals surface area contributed by atoms with Crippen molar-refractivity contribution in [2.75, 3.05) is 11.9 Å². The molecule has 0 aliphatic carbocycles. The third-order valence-corrected chi connectivity index (χ3v) is 2.71. The smallest absolute Gasteiger partial charge is 0.315 e. The first-order chi connectivity index (χ1) is 8.70. The average molecular weight is 265 g/mol. The normalized spacial score (nSPS) is 10.3. The van der Waals surface area contributed by atoms with Crippen LogP contribution < -0.4 is 5.32 Å². The maximum absolute atomic E-state index is 11.6. The van der Waals surface area contributed by atoms with Gasteiger partial charge in [-0.2, -0.15) is 8.75 Å². The molecule has 0 radical (unpaired) electrons. The van der Waals surface area contributed by atoms with Gasteiger partial charge in [0, 0.05) is 0 Å². The molecule has 0 atom stereocenters. The van der Waals surface area contributed by atoms with E-state index in [0.29, 0.717) is 16.7 Å². The Morgan fingerprint density at radius 1 is 1.39 bits per heavy atom. The van der Waals surface area contributed by atoms with E-state index in [9.17, 15) is 9.59 Å². The number of carbonyl (C=O) groups excluding carboxylic acids is 2. The maximum Gasteiger partial charge on any atom is 0.315 e. The van der Waals surface area contributed by atoms with Crippen LogP contribution in [0.1, 0.15) is 13.3 Å². The van der Waals surface area contributed by atoms with Gasteiger partial charge in [-0.15, -0.1) is 0 Å². The summed E-state index contributed by atoms with van der Waals surface area (Å²) in [7, 11) is 0. The van der Waals surface area contributed by atoms with Gasteiger partial charge < -0.3 is 10.1 Å². The molecule has 0 bridgehead atoms. The first kappa shape index (κ1) is 12.4. The number of hydrogen-bond donors (Lipinski definition) is 1. The summed E-state index contributed by atoms with van der Waals surface area (Å²) in [5.41, 5.74) is 1.89. The molecule has 1 aromatic carbocycles. The predicted octanol–water partition coefficient (Wildman–Crippen LogP) is 1.58. The number of nitrogens with zero attached hydrogens (tertiary/aromatic N) is 2. The Kier molecular flexibility index (Phi) is 3.83. The molecule has 1 heterocycles. The number of amides is 1. The zero-order valence-electron chi connectivity index (χ0n) is 9.67. The molecular formula is C11H11N3O3S. The number of rotatable bonds is 4. The lowest BCUT2D eigenvalue weighted by Crippen LogP contribution is -2.18. The first-order valence-corrected chi connectivity index (χ1v) is 6.10. The molecule has 0 spiro atoms. The molecule has 18 heavy (non-hydrogen) atoms. The van der Waals surface area contributed by atoms with Crippen LogP contribution in [0.3, 0.4) is 0 Å². The van der Waals surface area contributed by atoms with Crippen LogP contribution in [0.25, 0.3) is 11.0 Å². The van der Waals surface area contributed by atoms with Crippen molar-refractivity contribution >= 4 is 40.3 Å². The summed E-state index contributed by atoms with van der Waals surface area (Å²) in [5.74, 6) is -0.965. The SMILES string of the molecule is CCOC(=O)CC(=O)Nc1cccc2nsnc12. The Bertz CT molecular complexity index is 582. The van der Waals surface area contributed by atoms with Gasteiger partial charge >= 0.3 is 5.97 Å². The van der Waals surface area contributed by atoms with Gasteiger partial charge in [-0.3, -0.25) is 9.59 Å². The van der Waals surface area contributed by atoms with E-state index in [1.165, 1.54) is 0 Å². The standard InChI is InChI=1S/C11H11N3O3S/c1-2-17-10(16)6-9(15)12-7-4-3-5-8-11(7)14-18-13-8/h3-5H,2,6H2,1H3,(H,12,15). The molecule has 0 aliphatic heterocycles. The summed E-state index contributed by atoms with van der Waals surface area (Å²) >= 11 is 1.07. The Morgan fingerprint density at radius 2 is 2.22 bits per heavy atom. The average Bonchev–Trinajstić information content (AvgIpc) is 2.78. The van der Waals surface area contributed by atoms with Crippen LogP contribution in [-0.2, 0) is 14.3 Å². The summed E-state index contributed by atoms with van der Waals surface area (Å²) < 4.78 is 12.8. The molecule has 0 saturated heterocycles. The maximum atomic E-state index is 11.6. The van der Waals surface area contributed by atoms with Crippen LogP contribution in [0, 0.1) is 0 Å². The highest BCUT2D eigenvalue weighted by atomic mass is 32.1. The van der Waals surface area contributed by atoms with Crippen molar-refractivity contribution in [2.24, 2.45) is 0 Å². The van der Waals surface area contributed by atoms with E-state index in [0.717, 1.165) is 11.7 Å². The molecule has 0 saturated carbocycles. The lowest BCUT2D eigenvalue weighted by molar-refractivity contribution is -0.145.